The van der Waals surface area contributed by atoms with E-state index in [1.54, 1.807) is 31.2 Å². The lowest BCUT2D eigenvalue weighted by atomic mass is 10.2. The quantitative estimate of drug-likeness (QED) is 0.802. The molecule has 23 heavy (non-hydrogen) atoms. The van der Waals surface area contributed by atoms with Gasteiger partial charge in [-0.1, -0.05) is 25.1 Å². The summed E-state index contributed by atoms with van der Waals surface area (Å²) in [5.41, 5.74) is 2.34. The van der Waals surface area contributed by atoms with E-state index in [1.807, 2.05) is 25.1 Å². The predicted octanol–water partition coefficient (Wildman–Crippen LogP) is 3.50. The molecule has 0 saturated carbocycles. The zero-order valence-corrected chi connectivity index (χ0v) is 13.3. The van der Waals surface area contributed by atoms with E-state index >= 15 is 0 Å². The second-order valence-corrected chi connectivity index (χ2v) is 5.11. The molecular formula is C18H20N2O3. The maximum atomic E-state index is 11.8. The number of carbonyl (C=O) groups excluding carboxylic acids is 2. The van der Waals surface area contributed by atoms with E-state index in [0.717, 1.165) is 17.6 Å². The number of rotatable bonds is 6. The topological polar surface area (TPSA) is 71.3 Å². The van der Waals surface area contributed by atoms with Crippen LogP contribution in [0.3, 0.4) is 0 Å². The molecule has 120 valence electrons. The van der Waals surface area contributed by atoms with Gasteiger partial charge in [-0.25, -0.2) is 0 Å². The Morgan fingerprint density at radius 3 is 2.52 bits per heavy atom. The number of amides is 2. The summed E-state index contributed by atoms with van der Waals surface area (Å²) in [6, 6.07) is 10.6. The van der Waals surface area contributed by atoms with Crippen molar-refractivity contribution in [2.45, 2.75) is 26.8 Å². The third-order valence-corrected chi connectivity index (χ3v) is 3.28. The number of anilines is 1. The summed E-state index contributed by atoms with van der Waals surface area (Å²) in [4.78, 5) is 23.6. The van der Waals surface area contributed by atoms with Crippen LogP contribution in [0.2, 0.25) is 0 Å². The van der Waals surface area contributed by atoms with Gasteiger partial charge in [0.05, 0.1) is 6.26 Å². The summed E-state index contributed by atoms with van der Waals surface area (Å²) in [6.45, 7) is 4.23. The first-order valence-corrected chi connectivity index (χ1v) is 7.49. The molecule has 2 rings (SSSR count). The Labute approximate surface area is 135 Å². The van der Waals surface area contributed by atoms with Crippen LogP contribution in [0.25, 0.3) is 0 Å². The summed E-state index contributed by atoms with van der Waals surface area (Å²) in [5, 5.41) is 5.60. The maximum Gasteiger partial charge on any atom is 0.291 e. The van der Waals surface area contributed by atoms with E-state index in [2.05, 4.69) is 10.6 Å². The molecule has 1 heterocycles. The normalized spacial score (nSPS) is 11.1. The van der Waals surface area contributed by atoms with Crippen LogP contribution in [-0.2, 0) is 11.3 Å². The van der Waals surface area contributed by atoms with Crippen LogP contribution in [0.4, 0.5) is 5.69 Å². The molecule has 0 bridgehead atoms. The van der Waals surface area contributed by atoms with Gasteiger partial charge in [0.25, 0.3) is 5.91 Å². The Kier molecular flexibility index (Phi) is 5.74. The summed E-state index contributed by atoms with van der Waals surface area (Å²) in [5.74, 6) is -0.0991. The monoisotopic (exact) mass is 312 g/mol. The van der Waals surface area contributed by atoms with Crippen molar-refractivity contribution in [1.82, 2.24) is 5.32 Å². The molecule has 0 spiro atoms. The van der Waals surface area contributed by atoms with Crippen LogP contribution in [0.1, 0.15) is 36.4 Å². The molecule has 2 aromatic rings. The van der Waals surface area contributed by atoms with E-state index in [-0.39, 0.29) is 17.6 Å². The first kappa shape index (κ1) is 16.5. The Balaban J connectivity index is 1.88. The highest BCUT2D eigenvalue weighted by atomic mass is 16.3. The van der Waals surface area contributed by atoms with Crippen LogP contribution >= 0.6 is 0 Å². The van der Waals surface area contributed by atoms with Crippen molar-refractivity contribution < 1.29 is 14.0 Å². The highest BCUT2D eigenvalue weighted by molar-refractivity contribution is 6.02. The van der Waals surface area contributed by atoms with E-state index in [4.69, 9.17) is 4.42 Å². The number of furan rings is 1. The van der Waals surface area contributed by atoms with Gasteiger partial charge in [0, 0.05) is 17.8 Å². The van der Waals surface area contributed by atoms with Crippen LogP contribution in [0.5, 0.6) is 0 Å². The second-order valence-electron chi connectivity index (χ2n) is 5.11. The molecule has 0 saturated heterocycles. The molecule has 0 radical (unpaired) electrons. The third kappa shape index (κ3) is 4.85. The summed E-state index contributed by atoms with van der Waals surface area (Å²) < 4.78 is 5.03. The van der Waals surface area contributed by atoms with E-state index < -0.39 is 0 Å². The van der Waals surface area contributed by atoms with Gasteiger partial charge in [0.1, 0.15) is 0 Å². The minimum absolute atomic E-state index is 0.0675. The van der Waals surface area contributed by atoms with Gasteiger partial charge in [-0.3, -0.25) is 9.59 Å². The van der Waals surface area contributed by atoms with Crippen molar-refractivity contribution in [2.75, 3.05) is 5.32 Å². The molecule has 5 nitrogen and oxygen atoms in total. The lowest BCUT2D eigenvalue weighted by molar-refractivity contribution is -0.117. The minimum Gasteiger partial charge on any atom is -0.459 e. The summed E-state index contributed by atoms with van der Waals surface area (Å²) >= 11 is 0. The van der Waals surface area contributed by atoms with Crippen LogP contribution < -0.4 is 10.6 Å². The highest BCUT2D eigenvalue weighted by Gasteiger charge is 2.08. The van der Waals surface area contributed by atoms with Gasteiger partial charge >= 0.3 is 0 Å². The lowest BCUT2D eigenvalue weighted by Crippen LogP contribution is -2.23. The SMILES string of the molecule is CCC=C(C)C(=O)NCc1ccc(NC(=O)c2ccco2)cc1. The number of hydrogen-bond donors (Lipinski definition) is 2. The van der Waals surface area contributed by atoms with Gasteiger partial charge in [-0.2, -0.15) is 0 Å². The fraction of sp³-hybridized carbons (Fsp3) is 0.222. The lowest BCUT2D eigenvalue weighted by Gasteiger charge is -2.07. The molecule has 0 aliphatic heterocycles. The zero-order chi connectivity index (χ0) is 16.7. The Hall–Kier alpha value is -2.82. The molecule has 5 heteroatoms. The number of benzene rings is 1. The van der Waals surface area contributed by atoms with E-state index in [0.29, 0.717) is 12.2 Å². The van der Waals surface area contributed by atoms with Gasteiger partial charge in [-0.05, 0) is 43.2 Å². The molecule has 0 atom stereocenters. The molecule has 1 aromatic heterocycles. The van der Waals surface area contributed by atoms with Crippen molar-refractivity contribution in [3.05, 3.63) is 65.6 Å². The van der Waals surface area contributed by atoms with Crippen molar-refractivity contribution in [2.24, 2.45) is 0 Å². The Bertz CT molecular complexity index is 686. The van der Waals surface area contributed by atoms with Crippen molar-refractivity contribution in [3.63, 3.8) is 0 Å². The molecule has 0 fully saturated rings. The average Bonchev–Trinajstić information content (AvgIpc) is 3.08. The second kappa shape index (κ2) is 7.98. The predicted molar refractivity (Wildman–Crippen MR) is 89.0 cm³/mol. The molecule has 0 aliphatic rings. The maximum absolute atomic E-state index is 11.8. The molecular weight excluding hydrogens is 292 g/mol. The Morgan fingerprint density at radius 2 is 1.91 bits per heavy atom. The fourth-order valence-electron chi connectivity index (χ4n) is 2.03. The van der Waals surface area contributed by atoms with E-state index in [1.165, 1.54) is 6.26 Å². The third-order valence-electron chi connectivity index (χ3n) is 3.28. The molecule has 0 aliphatic carbocycles. The van der Waals surface area contributed by atoms with Gasteiger partial charge in [0.2, 0.25) is 5.91 Å². The highest BCUT2D eigenvalue weighted by Crippen LogP contribution is 2.12. The van der Waals surface area contributed by atoms with Crippen LogP contribution in [0, 0.1) is 0 Å². The molecule has 0 unspecified atom stereocenters. The van der Waals surface area contributed by atoms with Gasteiger partial charge in [-0.15, -0.1) is 0 Å². The van der Waals surface area contributed by atoms with Crippen LogP contribution in [-0.4, -0.2) is 11.8 Å². The van der Waals surface area contributed by atoms with Gasteiger partial charge in [0.15, 0.2) is 5.76 Å². The smallest absolute Gasteiger partial charge is 0.291 e. The molecule has 1 aromatic carbocycles. The largest absolute Gasteiger partial charge is 0.459 e. The molecule has 2 N–H and O–H groups in total. The minimum atomic E-state index is -0.295. The van der Waals surface area contributed by atoms with Crippen molar-refractivity contribution in [3.8, 4) is 0 Å². The van der Waals surface area contributed by atoms with Crippen LogP contribution in [0.15, 0.2) is 58.7 Å². The number of allylic oxidation sites excluding steroid dienone is 1. The average molecular weight is 312 g/mol. The fourth-order valence-corrected chi connectivity index (χ4v) is 2.03. The summed E-state index contributed by atoms with van der Waals surface area (Å²) in [6.07, 6.45) is 4.18. The van der Waals surface area contributed by atoms with Crippen molar-refractivity contribution in [1.29, 1.82) is 0 Å². The van der Waals surface area contributed by atoms with Crippen molar-refractivity contribution >= 4 is 17.5 Å². The zero-order valence-electron chi connectivity index (χ0n) is 13.3. The standard InChI is InChI=1S/C18H20N2O3/c1-3-5-13(2)17(21)19-12-14-7-9-15(10-8-14)20-18(22)16-6-4-11-23-16/h4-11H,3,12H2,1-2H3,(H,19,21)(H,20,22). The molecule has 2 amide bonds. The number of carbonyl (C=O) groups is 2. The van der Waals surface area contributed by atoms with E-state index in [9.17, 15) is 9.59 Å². The number of hydrogen-bond acceptors (Lipinski definition) is 3. The number of nitrogens with one attached hydrogen (secondary N) is 2. The van der Waals surface area contributed by atoms with Gasteiger partial charge < -0.3 is 15.1 Å². The first-order chi connectivity index (χ1) is 11.1. The first-order valence-electron chi connectivity index (χ1n) is 7.49. The Morgan fingerprint density at radius 1 is 1.17 bits per heavy atom. The summed E-state index contributed by atoms with van der Waals surface area (Å²) in [7, 11) is 0.